The summed E-state index contributed by atoms with van der Waals surface area (Å²) in [5.41, 5.74) is 8.51. The van der Waals surface area contributed by atoms with E-state index in [1.54, 1.807) is 0 Å². The Morgan fingerprint density at radius 2 is 2.31 bits per heavy atom. The number of aryl methyl sites for hydroxylation is 1. The average Bonchev–Trinajstić information content (AvgIpc) is 2.22. The summed E-state index contributed by atoms with van der Waals surface area (Å²) in [7, 11) is 0. The van der Waals surface area contributed by atoms with Gasteiger partial charge in [0, 0.05) is 23.2 Å². The van der Waals surface area contributed by atoms with E-state index in [4.69, 9.17) is 5.73 Å². The maximum atomic E-state index is 5.75. The van der Waals surface area contributed by atoms with Crippen LogP contribution in [0.3, 0.4) is 0 Å². The van der Waals surface area contributed by atoms with Crippen LogP contribution in [-0.4, -0.2) is 4.98 Å². The summed E-state index contributed by atoms with van der Waals surface area (Å²) in [5.74, 6) is 0.980. The highest BCUT2D eigenvalue weighted by Gasteiger charge is 2.16. The van der Waals surface area contributed by atoms with Gasteiger partial charge < -0.3 is 5.73 Å². The number of nitrogens with two attached hydrogens (primary N) is 1. The van der Waals surface area contributed by atoms with Gasteiger partial charge in [-0.25, -0.2) is 0 Å². The van der Waals surface area contributed by atoms with Crippen molar-refractivity contribution in [1.29, 1.82) is 0 Å². The van der Waals surface area contributed by atoms with Crippen LogP contribution in [0.1, 0.15) is 43.4 Å². The summed E-state index contributed by atoms with van der Waals surface area (Å²) in [5, 5.41) is 0. The van der Waals surface area contributed by atoms with Gasteiger partial charge in [-0.05, 0) is 30.9 Å². The van der Waals surface area contributed by atoms with Crippen LogP contribution in [0.4, 0.5) is 0 Å². The van der Waals surface area contributed by atoms with Crippen LogP contribution in [0, 0.1) is 5.92 Å². The molecule has 1 aromatic rings. The van der Waals surface area contributed by atoms with Crippen LogP contribution in [0.25, 0.3) is 5.70 Å². The van der Waals surface area contributed by atoms with Crippen molar-refractivity contribution in [2.75, 3.05) is 0 Å². The zero-order valence-corrected chi connectivity index (χ0v) is 9.78. The molecule has 0 bridgehead atoms. The summed E-state index contributed by atoms with van der Waals surface area (Å²) in [6, 6.07) is 3.93. The molecule has 2 N–H and O–H groups in total. The molecular formula is C14H20N2. The van der Waals surface area contributed by atoms with Gasteiger partial charge in [0.2, 0.25) is 0 Å². The van der Waals surface area contributed by atoms with Crippen LogP contribution in [0.2, 0.25) is 0 Å². The fourth-order valence-corrected chi connectivity index (χ4v) is 2.27. The van der Waals surface area contributed by atoms with Gasteiger partial charge in [0.1, 0.15) is 0 Å². The van der Waals surface area contributed by atoms with Crippen molar-refractivity contribution >= 4 is 5.70 Å². The van der Waals surface area contributed by atoms with Gasteiger partial charge >= 0.3 is 0 Å². The van der Waals surface area contributed by atoms with Crippen LogP contribution in [0.15, 0.2) is 24.9 Å². The zero-order chi connectivity index (χ0) is 11.4. The number of hydrogen-bond donors (Lipinski definition) is 1. The summed E-state index contributed by atoms with van der Waals surface area (Å²) < 4.78 is 0. The molecule has 0 saturated heterocycles. The predicted molar refractivity (Wildman–Crippen MR) is 67.7 cm³/mol. The number of hydrogen-bond acceptors (Lipinski definition) is 2. The molecule has 1 aromatic heterocycles. The highest BCUT2D eigenvalue weighted by atomic mass is 14.7. The van der Waals surface area contributed by atoms with Crippen molar-refractivity contribution in [1.82, 2.24) is 4.98 Å². The van der Waals surface area contributed by atoms with Crippen molar-refractivity contribution < 1.29 is 0 Å². The molecule has 0 aliphatic heterocycles. The van der Waals surface area contributed by atoms with Gasteiger partial charge in [-0.3, -0.25) is 4.98 Å². The van der Waals surface area contributed by atoms with Gasteiger partial charge in [0.05, 0.1) is 0 Å². The fourth-order valence-electron chi connectivity index (χ4n) is 2.27. The molecule has 0 amide bonds. The summed E-state index contributed by atoms with van der Waals surface area (Å²) in [4.78, 5) is 4.40. The van der Waals surface area contributed by atoms with Gasteiger partial charge in [-0.15, -0.1) is 0 Å². The smallest absolute Gasteiger partial charge is 0.0496 e. The Morgan fingerprint density at radius 1 is 1.50 bits per heavy atom. The van der Waals surface area contributed by atoms with Crippen molar-refractivity contribution in [3.63, 3.8) is 0 Å². The molecule has 2 rings (SSSR count). The van der Waals surface area contributed by atoms with Crippen molar-refractivity contribution in [2.45, 2.75) is 38.5 Å². The van der Waals surface area contributed by atoms with E-state index >= 15 is 0 Å². The molecule has 86 valence electrons. The molecule has 1 heterocycles. The normalized spacial score (nSPS) is 15.8. The van der Waals surface area contributed by atoms with E-state index in [1.807, 2.05) is 18.3 Å². The van der Waals surface area contributed by atoms with Crippen LogP contribution in [0.5, 0.6) is 0 Å². The first-order valence-electron chi connectivity index (χ1n) is 6.16. The standard InChI is InChI=1S/C14H20N2/c1-11(15)13-8-4-10-16-14(13)9-3-7-12-5-2-6-12/h4,8,10,12H,1-3,5-7,9,15H2. The summed E-state index contributed by atoms with van der Waals surface area (Å²) in [6.45, 7) is 3.79. The molecule has 2 nitrogen and oxygen atoms in total. The molecule has 0 unspecified atom stereocenters. The van der Waals surface area contributed by atoms with E-state index in [1.165, 1.54) is 32.1 Å². The molecule has 1 aliphatic carbocycles. The number of rotatable bonds is 5. The van der Waals surface area contributed by atoms with Crippen LogP contribution >= 0.6 is 0 Å². The minimum Gasteiger partial charge on any atom is -0.399 e. The lowest BCUT2D eigenvalue weighted by Crippen LogP contribution is -2.11. The van der Waals surface area contributed by atoms with Crippen molar-refractivity contribution in [3.05, 3.63) is 36.2 Å². The van der Waals surface area contributed by atoms with E-state index < -0.39 is 0 Å². The molecular weight excluding hydrogens is 196 g/mol. The van der Waals surface area contributed by atoms with Gasteiger partial charge in [-0.1, -0.05) is 32.3 Å². The molecule has 0 spiro atoms. The molecule has 16 heavy (non-hydrogen) atoms. The molecule has 0 aromatic carbocycles. The maximum absolute atomic E-state index is 5.75. The molecule has 1 aliphatic rings. The highest BCUT2D eigenvalue weighted by Crippen LogP contribution is 2.31. The van der Waals surface area contributed by atoms with E-state index in [-0.39, 0.29) is 0 Å². The first kappa shape index (κ1) is 11.2. The van der Waals surface area contributed by atoms with Gasteiger partial charge in [-0.2, -0.15) is 0 Å². The average molecular weight is 216 g/mol. The number of aromatic nitrogens is 1. The van der Waals surface area contributed by atoms with E-state index in [2.05, 4.69) is 11.6 Å². The maximum Gasteiger partial charge on any atom is 0.0496 e. The highest BCUT2D eigenvalue weighted by molar-refractivity contribution is 5.61. The molecule has 1 saturated carbocycles. The Morgan fingerprint density at radius 3 is 2.94 bits per heavy atom. The third kappa shape index (κ3) is 2.63. The van der Waals surface area contributed by atoms with Crippen LogP contribution < -0.4 is 5.73 Å². The van der Waals surface area contributed by atoms with E-state index in [0.29, 0.717) is 5.70 Å². The van der Waals surface area contributed by atoms with E-state index in [0.717, 1.165) is 23.6 Å². The lowest BCUT2D eigenvalue weighted by atomic mass is 9.81. The summed E-state index contributed by atoms with van der Waals surface area (Å²) in [6.07, 6.45) is 9.72. The SMILES string of the molecule is C=C(N)c1cccnc1CCCC1CCC1. The molecule has 2 heteroatoms. The number of pyridine rings is 1. The monoisotopic (exact) mass is 216 g/mol. The van der Waals surface area contributed by atoms with E-state index in [9.17, 15) is 0 Å². The zero-order valence-electron chi connectivity index (χ0n) is 9.78. The quantitative estimate of drug-likeness (QED) is 0.821. The predicted octanol–water partition coefficient (Wildman–Crippen LogP) is 3.13. The largest absolute Gasteiger partial charge is 0.399 e. The third-order valence-electron chi connectivity index (χ3n) is 3.49. The second-order valence-electron chi connectivity index (χ2n) is 4.71. The molecule has 0 radical (unpaired) electrons. The Kier molecular flexibility index (Phi) is 3.60. The Hall–Kier alpha value is -1.31. The lowest BCUT2D eigenvalue weighted by molar-refractivity contribution is 0.290. The van der Waals surface area contributed by atoms with Crippen molar-refractivity contribution in [3.8, 4) is 0 Å². The first-order valence-corrected chi connectivity index (χ1v) is 6.16. The van der Waals surface area contributed by atoms with Crippen molar-refractivity contribution in [2.24, 2.45) is 11.7 Å². The lowest BCUT2D eigenvalue weighted by Gasteiger charge is -2.25. The van der Waals surface area contributed by atoms with Gasteiger partial charge in [0.25, 0.3) is 0 Å². The van der Waals surface area contributed by atoms with Crippen LogP contribution in [-0.2, 0) is 6.42 Å². The second-order valence-corrected chi connectivity index (χ2v) is 4.71. The minimum atomic E-state index is 0.631. The topological polar surface area (TPSA) is 38.9 Å². The Labute approximate surface area is 97.6 Å². The minimum absolute atomic E-state index is 0.631. The third-order valence-corrected chi connectivity index (χ3v) is 3.49. The molecule has 1 fully saturated rings. The summed E-state index contributed by atoms with van der Waals surface area (Å²) >= 11 is 0. The second kappa shape index (κ2) is 5.15. The first-order chi connectivity index (χ1) is 7.77. The number of nitrogens with zero attached hydrogens (tertiary/aromatic N) is 1. The Balaban J connectivity index is 1.89. The molecule has 0 atom stereocenters. The fraction of sp³-hybridized carbons (Fsp3) is 0.500. The Bertz CT molecular complexity index is 367. The van der Waals surface area contributed by atoms with Gasteiger partial charge in [0.15, 0.2) is 0 Å².